The summed E-state index contributed by atoms with van der Waals surface area (Å²) < 4.78 is 76.4. The third-order valence-electron chi connectivity index (χ3n) is 5.34. The van der Waals surface area contributed by atoms with E-state index in [9.17, 15) is 26.0 Å². The highest BCUT2D eigenvalue weighted by Crippen LogP contribution is 2.42. The number of aliphatic carboxylic acids is 1. The van der Waals surface area contributed by atoms with E-state index in [1.807, 2.05) is 12.1 Å². The van der Waals surface area contributed by atoms with Gasteiger partial charge in [-0.25, -0.2) is 22.3 Å². The molecule has 31 heavy (non-hydrogen) atoms. The number of halogens is 4. The number of sulfonamides is 1. The molecule has 3 rings (SSSR count). The van der Waals surface area contributed by atoms with Crippen molar-refractivity contribution in [2.75, 3.05) is 32.0 Å². The molecule has 2 N–H and O–H groups in total. The van der Waals surface area contributed by atoms with Gasteiger partial charge in [0.05, 0.1) is 11.4 Å². The van der Waals surface area contributed by atoms with Crippen LogP contribution in [0.25, 0.3) is 0 Å². The number of likely N-dealkylation sites (tertiary alicyclic amines) is 1. The van der Waals surface area contributed by atoms with Crippen molar-refractivity contribution in [3.8, 4) is 0 Å². The Hall–Kier alpha value is -1.76. The number of carbonyl (C=O) groups is 1. The topological polar surface area (TPSA) is 95.9 Å². The van der Waals surface area contributed by atoms with Crippen LogP contribution in [0.3, 0.4) is 0 Å². The van der Waals surface area contributed by atoms with E-state index < -0.39 is 22.2 Å². The second-order valence-corrected chi connectivity index (χ2v) is 9.66. The van der Waals surface area contributed by atoms with Crippen molar-refractivity contribution >= 4 is 16.0 Å². The van der Waals surface area contributed by atoms with E-state index in [4.69, 9.17) is 14.6 Å². The number of nitrogens with zero attached hydrogens (tertiary/aromatic N) is 1. The highest BCUT2D eigenvalue weighted by molar-refractivity contribution is 7.89. The predicted molar refractivity (Wildman–Crippen MR) is 104 cm³/mol. The van der Waals surface area contributed by atoms with Gasteiger partial charge in [-0.2, -0.15) is 13.2 Å². The fourth-order valence-electron chi connectivity index (χ4n) is 3.70. The van der Waals surface area contributed by atoms with E-state index in [0.29, 0.717) is 12.5 Å². The van der Waals surface area contributed by atoms with E-state index in [2.05, 4.69) is 9.62 Å². The molecular weight excluding hydrogens is 444 g/mol. The summed E-state index contributed by atoms with van der Waals surface area (Å²) in [6, 6.07) is 6.60. The largest absolute Gasteiger partial charge is 0.490 e. The molecule has 2 heterocycles. The summed E-state index contributed by atoms with van der Waals surface area (Å²) >= 11 is 0. The Labute approximate surface area is 178 Å². The van der Waals surface area contributed by atoms with Crippen molar-refractivity contribution in [1.29, 1.82) is 0 Å². The van der Waals surface area contributed by atoms with Crippen LogP contribution in [0.15, 0.2) is 24.3 Å². The summed E-state index contributed by atoms with van der Waals surface area (Å²) in [6.45, 7) is 5.37. The minimum absolute atomic E-state index is 0.116. The lowest BCUT2D eigenvalue weighted by Gasteiger charge is -2.50. The van der Waals surface area contributed by atoms with Gasteiger partial charge in [0.15, 0.2) is 0 Å². The Kier molecular flexibility index (Phi) is 8.42. The number of hydrogen-bond donors (Lipinski definition) is 2. The zero-order valence-electron chi connectivity index (χ0n) is 17.0. The molecule has 1 atom stereocenters. The molecule has 0 amide bonds. The first-order valence-electron chi connectivity index (χ1n) is 9.75. The number of nitrogens with one attached hydrogen (secondary N) is 1. The van der Waals surface area contributed by atoms with Crippen LogP contribution in [0, 0.1) is 11.7 Å². The van der Waals surface area contributed by atoms with Crippen molar-refractivity contribution in [3.05, 3.63) is 35.6 Å². The summed E-state index contributed by atoms with van der Waals surface area (Å²) in [7, 11) is -3.12. The second kappa shape index (κ2) is 10.2. The average molecular weight is 470 g/mol. The van der Waals surface area contributed by atoms with E-state index in [1.165, 1.54) is 12.1 Å². The lowest BCUT2D eigenvalue weighted by Crippen LogP contribution is -2.64. The van der Waals surface area contributed by atoms with Gasteiger partial charge in [0.1, 0.15) is 5.82 Å². The molecule has 2 fully saturated rings. The normalized spacial score (nSPS) is 20.7. The maximum absolute atomic E-state index is 13.0. The number of ether oxygens (including phenoxy) is 1. The molecule has 7 nitrogen and oxygen atoms in total. The predicted octanol–water partition coefficient (Wildman–Crippen LogP) is 2.38. The molecule has 1 aromatic carbocycles. The Bertz CT molecular complexity index is 840. The third-order valence-corrected chi connectivity index (χ3v) is 6.74. The van der Waals surface area contributed by atoms with Gasteiger partial charge in [-0.15, -0.1) is 0 Å². The molecule has 2 aliphatic heterocycles. The van der Waals surface area contributed by atoms with Crippen LogP contribution < -0.4 is 4.72 Å². The smallest absolute Gasteiger partial charge is 0.475 e. The maximum Gasteiger partial charge on any atom is 0.490 e. The van der Waals surface area contributed by atoms with Crippen LogP contribution in [0.2, 0.25) is 0 Å². The van der Waals surface area contributed by atoms with Crippen LogP contribution in [0.1, 0.15) is 25.3 Å². The van der Waals surface area contributed by atoms with Gasteiger partial charge in [0, 0.05) is 32.8 Å². The number of carboxylic acid groups (broad SMARTS) is 1. The number of alkyl halides is 3. The molecule has 0 aromatic heterocycles. The third kappa shape index (κ3) is 7.41. The number of carboxylic acids is 1. The standard InChI is InChI=1S/C17H25FN2O3S.C2HF3O2/c1-2-24(21,22)19-9-7-15-8-10-23-17(15)12-20(13-17)11-14-3-5-16(18)6-4-14;3-2(4,5)1(6)7/h3-6,15,19H,2,7-13H2,1H3;(H,6,7). The molecule has 2 saturated heterocycles. The van der Waals surface area contributed by atoms with Gasteiger partial charge in [0.2, 0.25) is 10.0 Å². The van der Waals surface area contributed by atoms with Gasteiger partial charge in [-0.1, -0.05) is 12.1 Å². The lowest BCUT2D eigenvalue weighted by atomic mass is 9.79. The maximum atomic E-state index is 13.0. The molecule has 1 spiro atoms. The molecule has 176 valence electrons. The first-order valence-corrected chi connectivity index (χ1v) is 11.4. The van der Waals surface area contributed by atoms with Crippen LogP contribution in [0.5, 0.6) is 0 Å². The molecule has 0 saturated carbocycles. The molecule has 1 aromatic rings. The minimum Gasteiger partial charge on any atom is -0.475 e. The van der Waals surface area contributed by atoms with Crippen molar-refractivity contribution in [2.45, 2.75) is 38.1 Å². The second-order valence-electron chi connectivity index (χ2n) is 7.56. The first-order chi connectivity index (χ1) is 14.4. The van der Waals surface area contributed by atoms with Gasteiger partial charge < -0.3 is 9.84 Å². The van der Waals surface area contributed by atoms with E-state index in [0.717, 1.165) is 44.6 Å². The molecule has 2 aliphatic rings. The zero-order chi connectivity index (χ0) is 23.3. The van der Waals surface area contributed by atoms with Gasteiger partial charge in [-0.3, -0.25) is 4.90 Å². The van der Waals surface area contributed by atoms with Crippen LogP contribution in [0.4, 0.5) is 17.6 Å². The van der Waals surface area contributed by atoms with Crippen LogP contribution in [-0.2, 0) is 26.1 Å². The summed E-state index contributed by atoms with van der Waals surface area (Å²) in [6.07, 6.45) is -3.29. The average Bonchev–Trinajstić information content (AvgIpc) is 3.06. The molecular formula is C19H26F4N2O5S. The fraction of sp³-hybridized carbons (Fsp3) is 0.632. The summed E-state index contributed by atoms with van der Waals surface area (Å²) in [5.41, 5.74) is 0.967. The summed E-state index contributed by atoms with van der Waals surface area (Å²) in [5, 5.41) is 7.12. The van der Waals surface area contributed by atoms with Gasteiger partial charge in [0.25, 0.3) is 0 Å². The SMILES string of the molecule is CCS(=O)(=O)NCCC1CCOC12CN(Cc1ccc(F)cc1)C2.O=C(O)C(F)(F)F. The lowest BCUT2D eigenvalue weighted by molar-refractivity contribution is -0.192. The Morgan fingerprint density at radius 3 is 2.39 bits per heavy atom. The number of rotatable bonds is 7. The molecule has 1 unspecified atom stereocenters. The monoisotopic (exact) mass is 470 g/mol. The van der Waals surface area contributed by atoms with E-state index >= 15 is 0 Å². The van der Waals surface area contributed by atoms with Crippen molar-refractivity contribution < 1.29 is 40.6 Å². The molecule has 0 aliphatic carbocycles. The van der Waals surface area contributed by atoms with E-state index in [1.54, 1.807) is 6.92 Å². The Morgan fingerprint density at radius 1 is 1.29 bits per heavy atom. The molecule has 12 heteroatoms. The summed E-state index contributed by atoms with van der Waals surface area (Å²) in [4.78, 5) is 11.2. The van der Waals surface area contributed by atoms with Gasteiger partial charge >= 0.3 is 12.1 Å². The highest BCUT2D eigenvalue weighted by atomic mass is 32.2. The van der Waals surface area contributed by atoms with Crippen molar-refractivity contribution in [1.82, 2.24) is 9.62 Å². The van der Waals surface area contributed by atoms with Crippen LogP contribution >= 0.6 is 0 Å². The Balaban J connectivity index is 0.000000423. The fourth-order valence-corrected chi connectivity index (χ4v) is 4.34. The van der Waals surface area contributed by atoms with Crippen LogP contribution in [-0.4, -0.2) is 68.2 Å². The zero-order valence-corrected chi connectivity index (χ0v) is 17.8. The van der Waals surface area contributed by atoms with Crippen molar-refractivity contribution in [2.24, 2.45) is 5.92 Å². The molecule has 0 radical (unpaired) electrons. The quantitative estimate of drug-likeness (QED) is 0.594. The molecule has 0 bridgehead atoms. The van der Waals surface area contributed by atoms with Crippen molar-refractivity contribution in [3.63, 3.8) is 0 Å². The highest BCUT2D eigenvalue weighted by Gasteiger charge is 2.52. The summed E-state index contributed by atoms with van der Waals surface area (Å²) in [5.74, 6) is -2.47. The first kappa shape index (κ1) is 25.5. The van der Waals surface area contributed by atoms with Gasteiger partial charge in [-0.05, 0) is 43.4 Å². The minimum atomic E-state index is -5.08. The Morgan fingerprint density at radius 2 is 1.87 bits per heavy atom. The number of benzene rings is 1. The van der Waals surface area contributed by atoms with E-state index in [-0.39, 0.29) is 17.2 Å². The number of hydrogen-bond acceptors (Lipinski definition) is 5.